The minimum atomic E-state index is -0.393. The van der Waals surface area contributed by atoms with Crippen molar-refractivity contribution >= 4 is 27.5 Å². The number of hydrogen-bond donors (Lipinski definition) is 0. The number of nitrogens with zero attached hydrogens (tertiary/aromatic N) is 3. The first kappa shape index (κ1) is 19.6. The summed E-state index contributed by atoms with van der Waals surface area (Å²) in [6, 6.07) is 0. The van der Waals surface area contributed by atoms with E-state index in [-0.39, 0.29) is 12.1 Å². The van der Waals surface area contributed by atoms with Gasteiger partial charge in [-0.2, -0.15) is 0 Å². The molecule has 0 aromatic carbocycles. The molecule has 2 aromatic heterocycles. The van der Waals surface area contributed by atoms with Crippen molar-refractivity contribution in [3.05, 3.63) is 26.6 Å². The Labute approximate surface area is 152 Å². The number of hydrogen-bond acceptors (Lipinski definition) is 6. The van der Waals surface area contributed by atoms with Crippen molar-refractivity contribution in [3.8, 4) is 0 Å². The summed E-state index contributed by atoms with van der Waals surface area (Å²) in [5.74, 6) is 0.228. The summed E-state index contributed by atoms with van der Waals surface area (Å²) in [5.41, 5.74) is 0.796. The van der Waals surface area contributed by atoms with Crippen molar-refractivity contribution in [2.45, 2.75) is 54.1 Å². The molecule has 25 heavy (non-hydrogen) atoms. The Balaban J connectivity index is 2.53. The first-order chi connectivity index (χ1) is 11.9. The summed E-state index contributed by atoms with van der Waals surface area (Å²) in [7, 11) is 0. The second kappa shape index (κ2) is 8.58. The molecule has 0 radical (unpaired) electrons. The van der Waals surface area contributed by atoms with E-state index in [0.29, 0.717) is 24.4 Å². The van der Waals surface area contributed by atoms with Crippen LogP contribution in [0.1, 0.15) is 43.5 Å². The third-order valence-corrected chi connectivity index (χ3v) is 5.48. The number of esters is 1. The van der Waals surface area contributed by atoms with Crippen LogP contribution in [0.25, 0.3) is 10.2 Å². The molecule has 0 aliphatic rings. The highest BCUT2D eigenvalue weighted by Gasteiger charge is 2.19. The standard InChI is InChI=1S/C18H27N3O3S/c1-6-9-24-15(22)11-21-14(10-20(7-2)8-3)19-17-16(18(21)23)12(4)13(5)25-17/h6-11H2,1-5H3. The zero-order valence-electron chi connectivity index (χ0n) is 15.7. The molecule has 2 rings (SSSR count). The number of ether oxygens (including phenoxy) is 1. The van der Waals surface area contributed by atoms with Gasteiger partial charge in [-0.1, -0.05) is 20.8 Å². The lowest BCUT2D eigenvalue weighted by atomic mass is 10.2. The molecule has 0 unspecified atom stereocenters. The molecule has 138 valence electrons. The average Bonchev–Trinajstić information content (AvgIpc) is 2.88. The van der Waals surface area contributed by atoms with Crippen molar-refractivity contribution in [2.75, 3.05) is 19.7 Å². The summed E-state index contributed by atoms with van der Waals surface area (Å²) >= 11 is 1.53. The molecule has 0 saturated carbocycles. The van der Waals surface area contributed by atoms with Gasteiger partial charge < -0.3 is 4.74 Å². The van der Waals surface area contributed by atoms with E-state index in [1.54, 1.807) is 0 Å². The summed E-state index contributed by atoms with van der Waals surface area (Å²) < 4.78 is 6.66. The van der Waals surface area contributed by atoms with E-state index in [1.807, 2.05) is 20.8 Å². The lowest BCUT2D eigenvalue weighted by Gasteiger charge is -2.20. The van der Waals surface area contributed by atoms with Gasteiger partial charge >= 0.3 is 5.97 Å². The first-order valence-corrected chi connectivity index (χ1v) is 9.61. The van der Waals surface area contributed by atoms with Gasteiger partial charge in [0.1, 0.15) is 17.2 Å². The SMILES string of the molecule is CCCOC(=O)Cn1c(CN(CC)CC)nc2sc(C)c(C)c2c1=O. The Morgan fingerprint density at radius 3 is 2.52 bits per heavy atom. The minimum absolute atomic E-state index is 0.0906. The zero-order chi connectivity index (χ0) is 18.6. The zero-order valence-corrected chi connectivity index (χ0v) is 16.5. The van der Waals surface area contributed by atoms with Gasteiger partial charge in [0.2, 0.25) is 0 Å². The van der Waals surface area contributed by atoms with Gasteiger partial charge in [-0.05, 0) is 38.9 Å². The molecule has 2 heterocycles. The predicted octanol–water partition coefficient (Wildman–Crippen LogP) is 2.87. The second-order valence-electron chi connectivity index (χ2n) is 6.06. The van der Waals surface area contributed by atoms with Crippen LogP contribution in [-0.4, -0.2) is 40.1 Å². The van der Waals surface area contributed by atoms with E-state index >= 15 is 0 Å². The van der Waals surface area contributed by atoms with Crippen LogP contribution >= 0.6 is 11.3 Å². The van der Waals surface area contributed by atoms with Crippen molar-refractivity contribution in [2.24, 2.45) is 0 Å². The molecule has 0 bridgehead atoms. The smallest absolute Gasteiger partial charge is 0.326 e. The second-order valence-corrected chi connectivity index (χ2v) is 7.27. The van der Waals surface area contributed by atoms with Crippen LogP contribution < -0.4 is 5.56 Å². The molecule has 0 fully saturated rings. The normalized spacial score (nSPS) is 11.4. The highest BCUT2D eigenvalue weighted by atomic mass is 32.1. The first-order valence-electron chi connectivity index (χ1n) is 8.80. The Morgan fingerprint density at radius 1 is 1.24 bits per heavy atom. The van der Waals surface area contributed by atoms with Gasteiger partial charge in [0.05, 0.1) is 18.5 Å². The lowest BCUT2D eigenvalue weighted by Crippen LogP contribution is -2.33. The number of aryl methyl sites for hydroxylation is 2. The number of rotatable bonds is 8. The molecule has 0 aliphatic carbocycles. The summed E-state index contributed by atoms with van der Waals surface area (Å²) in [4.78, 5) is 33.9. The fourth-order valence-electron chi connectivity index (χ4n) is 2.69. The molecule has 0 atom stereocenters. The Morgan fingerprint density at radius 2 is 1.92 bits per heavy atom. The number of carbonyl (C=O) groups is 1. The maximum Gasteiger partial charge on any atom is 0.326 e. The van der Waals surface area contributed by atoms with E-state index in [2.05, 4.69) is 18.7 Å². The lowest BCUT2D eigenvalue weighted by molar-refractivity contribution is -0.144. The quantitative estimate of drug-likeness (QED) is 0.673. The molecular weight excluding hydrogens is 338 g/mol. The van der Waals surface area contributed by atoms with Crippen LogP contribution in [0.5, 0.6) is 0 Å². The van der Waals surface area contributed by atoms with E-state index in [1.165, 1.54) is 15.9 Å². The van der Waals surface area contributed by atoms with Gasteiger partial charge in [-0.25, -0.2) is 4.98 Å². The molecule has 0 aliphatic heterocycles. The third kappa shape index (κ3) is 4.27. The maximum atomic E-state index is 13.1. The van der Waals surface area contributed by atoms with Crippen molar-refractivity contribution in [3.63, 3.8) is 0 Å². The van der Waals surface area contributed by atoms with E-state index in [9.17, 15) is 9.59 Å². The Kier molecular flexibility index (Phi) is 6.72. The van der Waals surface area contributed by atoms with E-state index in [4.69, 9.17) is 9.72 Å². The number of thiophene rings is 1. The number of fused-ring (bicyclic) bond motifs is 1. The van der Waals surface area contributed by atoms with Crippen LogP contribution in [0, 0.1) is 13.8 Å². The highest BCUT2D eigenvalue weighted by Crippen LogP contribution is 2.26. The Bertz CT molecular complexity index is 806. The summed E-state index contributed by atoms with van der Waals surface area (Å²) in [6.07, 6.45) is 0.757. The van der Waals surface area contributed by atoms with Crippen LogP contribution in [-0.2, 0) is 22.6 Å². The predicted molar refractivity (Wildman–Crippen MR) is 101 cm³/mol. The van der Waals surface area contributed by atoms with Crippen LogP contribution in [0.2, 0.25) is 0 Å². The van der Waals surface area contributed by atoms with Crippen LogP contribution in [0.3, 0.4) is 0 Å². The van der Waals surface area contributed by atoms with Crippen molar-refractivity contribution in [1.82, 2.24) is 14.5 Å². The molecule has 0 spiro atoms. The maximum absolute atomic E-state index is 13.1. The number of aromatic nitrogens is 2. The average molecular weight is 365 g/mol. The van der Waals surface area contributed by atoms with E-state index in [0.717, 1.165) is 34.8 Å². The molecule has 7 heteroatoms. The van der Waals surface area contributed by atoms with Crippen LogP contribution in [0.15, 0.2) is 4.79 Å². The molecule has 6 nitrogen and oxygen atoms in total. The van der Waals surface area contributed by atoms with Gasteiger partial charge in [0.15, 0.2) is 0 Å². The summed E-state index contributed by atoms with van der Waals surface area (Å²) in [6.45, 7) is 12.5. The monoisotopic (exact) mass is 365 g/mol. The fraction of sp³-hybridized carbons (Fsp3) is 0.611. The molecule has 0 N–H and O–H groups in total. The topological polar surface area (TPSA) is 64.4 Å². The van der Waals surface area contributed by atoms with Gasteiger partial charge in [-0.15, -0.1) is 11.3 Å². The number of carbonyl (C=O) groups excluding carboxylic acids is 1. The molecule has 2 aromatic rings. The van der Waals surface area contributed by atoms with Gasteiger partial charge in [0.25, 0.3) is 5.56 Å². The largest absolute Gasteiger partial charge is 0.464 e. The molecule has 0 amide bonds. The van der Waals surface area contributed by atoms with Crippen molar-refractivity contribution < 1.29 is 9.53 Å². The Hall–Kier alpha value is -1.73. The highest BCUT2D eigenvalue weighted by molar-refractivity contribution is 7.18. The molecule has 0 saturated heterocycles. The minimum Gasteiger partial charge on any atom is -0.464 e. The van der Waals surface area contributed by atoms with Crippen LogP contribution in [0.4, 0.5) is 0 Å². The van der Waals surface area contributed by atoms with Gasteiger partial charge in [0, 0.05) is 4.88 Å². The van der Waals surface area contributed by atoms with E-state index < -0.39 is 5.97 Å². The fourth-order valence-corrected chi connectivity index (χ4v) is 3.73. The summed E-state index contributed by atoms with van der Waals surface area (Å²) in [5, 5.41) is 0.620. The third-order valence-electron chi connectivity index (χ3n) is 4.38. The van der Waals surface area contributed by atoms with Gasteiger partial charge in [-0.3, -0.25) is 19.1 Å². The molecular formula is C18H27N3O3S. The van der Waals surface area contributed by atoms with Crippen molar-refractivity contribution in [1.29, 1.82) is 0 Å².